The number of rotatable bonds is 8. The van der Waals surface area contributed by atoms with Crippen LogP contribution in [0.3, 0.4) is 0 Å². The first-order valence-electron chi connectivity index (χ1n) is 6.60. The molecule has 0 amide bonds. The van der Waals surface area contributed by atoms with Gasteiger partial charge in [-0.3, -0.25) is 0 Å². The van der Waals surface area contributed by atoms with Crippen molar-refractivity contribution < 1.29 is 9.26 Å². The molecule has 0 unspecified atom stereocenters. The van der Waals surface area contributed by atoms with Gasteiger partial charge in [0.1, 0.15) is 6.54 Å². The topological polar surface area (TPSA) is 90.9 Å². The molecule has 20 heavy (non-hydrogen) atoms. The smallest absolute Gasteiger partial charge is 0.248 e. The monoisotopic (exact) mass is 280 g/mol. The third kappa shape index (κ3) is 4.10. The van der Waals surface area contributed by atoms with Crippen molar-refractivity contribution in [1.82, 2.24) is 30.5 Å². The lowest BCUT2D eigenvalue weighted by atomic mass is 10.2. The lowest BCUT2D eigenvalue weighted by molar-refractivity contribution is 0.199. The third-order valence-corrected chi connectivity index (χ3v) is 2.67. The van der Waals surface area contributed by atoms with Crippen LogP contribution in [0, 0.1) is 0 Å². The van der Waals surface area contributed by atoms with Gasteiger partial charge >= 0.3 is 0 Å². The van der Waals surface area contributed by atoms with E-state index in [0.29, 0.717) is 31.4 Å². The second kappa shape index (κ2) is 7.11. The summed E-state index contributed by atoms with van der Waals surface area (Å²) >= 11 is 0. The molecule has 8 heteroatoms. The Hall–Kier alpha value is -1.80. The zero-order valence-electron chi connectivity index (χ0n) is 12.0. The first-order chi connectivity index (χ1) is 9.69. The molecule has 0 aliphatic rings. The van der Waals surface area contributed by atoms with Crippen LogP contribution in [0.2, 0.25) is 0 Å². The van der Waals surface area contributed by atoms with Crippen LogP contribution in [0.25, 0.3) is 0 Å². The molecule has 0 aliphatic carbocycles. The SMILES string of the molecule is COCCNCc1cn(Cc2nc(C(C)C)no2)nn1. The van der Waals surface area contributed by atoms with Crippen LogP contribution in [0.4, 0.5) is 0 Å². The van der Waals surface area contributed by atoms with E-state index < -0.39 is 0 Å². The summed E-state index contributed by atoms with van der Waals surface area (Å²) in [7, 11) is 1.67. The Balaban J connectivity index is 1.85. The zero-order chi connectivity index (χ0) is 14.4. The Bertz CT molecular complexity index is 522. The maximum Gasteiger partial charge on any atom is 0.248 e. The van der Waals surface area contributed by atoms with Gasteiger partial charge in [-0.1, -0.05) is 24.2 Å². The van der Waals surface area contributed by atoms with Gasteiger partial charge in [0, 0.05) is 26.1 Å². The number of nitrogens with zero attached hydrogens (tertiary/aromatic N) is 5. The van der Waals surface area contributed by atoms with E-state index in [2.05, 4.69) is 25.8 Å². The predicted molar refractivity (Wildman–Crippen MR) is 71.1 cm³/mol. The number of methoxy groups -OCH3 is 1. The predicted octanol–water partition coefficient (Wildman–Crippen LogP) is 0.569. The van der Waals surface area contributed by atoms with Crippen molar-refractivity contribution in [3.63, 3.8) is 0 Å². The molecule has 0 aromatic carbocycles. The molecule has 0 atom stereocenters. The summed E-state index contributed by atoms with van der Waals surface area (Å²) in [5.41, 5.74) is 0.865. The van der Waals surface area contributed by atoms with Crippen molar-refractivity contribution in [3.8, 4) is 0 Å². The van der Waals surface area contributed by atoms with E-state index >= 15 is 0 Å². The van der Waals surface area contributed by atoms with Crippen LogP contribution in [0.5, 0.6) is 0 Å². The molecule has 2 heterocycles. The minimum absolute atomic E-state index is 0.254. The van der Waals surface area contributed by atoms with Gasteiger partial charge in [-0.05, 0) is 0 Å². The summed E-state index contributed by atoms with van der Waals surface area (Å²) in [4.78, 5) is 4.30. The molecular formula is C12H20N6O2. The van der Waals surface area contributed by atoms with Gasteiger partial charge in [-0.25, -0.2) is 4.68 Å². The molecule has 0 aliphatic heterocycles. The largest absolute Gasteiger partial charge is 0.383 e. The molecule has 1 N–H and O–H groups in total. The number of nitrogens with one attached hydrogen (secondary N) is 1. The maximum absolute atomic E-state index is 5.17. The lowest BCUT2D eigenvalue weighted by Gasteiger charge is -1.99. The van der Waals surface area contributed by atoms with Crippen LogP contribution in [0.1, 0.15) is 37.2 Å². The fourth-order valence-corrected chi connectivity index (χ4v) is 1.59. The summed E-state index contributed by atoms with van der Waals surface area (Å²) in [6, 6.07) is 0. The van der Waals surface area contributed by atoms with Crippen molar-refractivity contribution in [3.05, 3.63) is 23.6 Å². The van der Waals surface area contributed by atoms with Crippen molar-refractivity contribution in [2.45, 2.75) is 32.9 Å². The molecule has 0 bridgehead atoms. The summed E-state index contributed by atoms with van der Waals surface area (Å²) in [6.45, 7) is 6.59. The Morgan fingerprint density at radius 3 is 3.00 bits per heavy atom. The van der Waals surface area contributed by atoms with E-state index in [4.69, 9.17) is 9.26 Å². The van der Waals surface area contributed by atoms with Gasteiger partial charge in [0.25, 0.3) is 0 Å². The van der Waals surface area contributed by atoms with Gasteiger partial charge < -0.3 is 14.6 Å². The fourth-order valence-electron chi connectivity index (χ4n) is 1.59. The highest BCUT2D eigenvalue weighted by atomic mass is 16.5. The van der Waals surface area contributed by atoms with Gasteiger partial charge in [-0.15, -0.1) is 5.10 Å². The Morgan fingerprint density at radius 1 is 1.45 bits per heavy atom. The molecule has 0 radical (unpaired) electrons. The average Bonchev–Trinajstić information content (AvgIpc) is 3.05. The van der Waals surface area contributed by atoms with E-state index in [0.717, 1.165) is 12.2 Å². The van der Waals surface area contributed by atoms with E-state index in [-0.39, 0.29) is 5.92 Å². The molecular weight excluding hydrogens is 260 g/mol. The number of hydrogen-bond acceptors (Lipinski definition) is 7. The number of aromatic nitrogens is 5. The number of hydrogen-bond donors (Lipinski definition) is 1. The molecule has 0 saturated heterocycles. The summed E-state index contributed by atoms with van der Waals surface area (Å²) in [6.07, 6.45) is 1.86. The first kappa shape index (κ1) is 14.6. The number of ether oxygens (including phenoxy) is 1. The summed E-state index contributed by atoms with van der Waals surface area (Å²) in [5, 5.41) is 15.2. The normalized spacial score (nSPS) is 11.4. The van der Waals surface area contributed by atoms with Crippen LogP contribution >= 0.6 is 0 Å². The highest BCUT2D eigenvalue weighted by molar-refractivity contribution is 4.95. The van der Waals surface area contributed by atoms with Crippen molar-refractivity contribution in [2.75, 3.05) is 20.3 Å². The zero-order valence-corrected chi connectivity index (χ0v) is 12.0. The van der Waals surface area contributed by atoms with Gasteiger partial charge in [0.15, 0.2) is 5.82 Å². The Morgan fingerprint density at radius 2 is 2.30 bits per heavy atom. The fraction of sp³-hybridized carbons (Fsp3) is 0.667. The van der Waals surface area contributed by atoms with E-state index in [1.807, 2.05) is 20.0 Å². The minimum atomic E-state index is 0.254. The second-order valence-electron chi connectivity index (χ2n) is 4.78. The minimum Gasteiger partial charge on any atom is -0.383 e. The first-order valence-corrected chi connectivity index (χ1v) is 6.60. The second-order valence-corrected chi connectivity index (χ2v) is 4.78. The summed E-state index contributed by atoms with van der Waals surface area (Å²) in [5.74, 6) is 1.50. The van der Waals surface area contributed by atoms with Crippen LogP contribution in [-0.4, -0.2) is 45.4 Å². The molecule has 0 saturated carbocycles. The third-order valence-electron chi connectivity index (χ3n) is 2.67. The maximum atomic E-state index is 5.17. The molecule has 0 fully saturated rings. The van der Waals surface area contributed by atoms with Gasteiger partial charge in [0.05, 0.1) is 18.5 Å². The van der Waals surface area contributed by atoms with E-state index in [1.54, 1.807) is 11.8 Å². The Labute approximate surface area is 117 Å². The quantitative estimate of drug-likeness (QED) is 0.707. The highest BCUT2D eigenvalue weighted by Gasteiger charge is 2.10. The van der Waals surface area contributed by atoms with Crippen molar-refractivity contribution in [2.24, 2.45) is 0 Å². The van der Waals surface area contributed by atoms with Gasteiger partial charge in [-0.2, -0.15) is 4.98 Å². The van der Waals surface area contributed by atoms with Crippen molar-refractivity contribution in [1.29, 1.82) is 0 Å². The molecule has 2 rings (SSSR count). The standard InChI is InChI=1S/C12H20N6O2/c1-9(2)12-14-11(20-16-12)8-18-7-10(15-17-18)6-13-4-5-19-3/h7,9,13H,4-6,8H2,1-3H3. The highest BCUT2D eigenvalue weighted by Crippen LogP contribution is 2.10. The van der Waals surface area contributed by atoms with Crippen molar-refractivity contribution >= 4 is 0 Å². The molecule has 8 nitrogen and oxygen atoms in total. The van der Waals surface area contributed by atoms with Gasteiger partial charge in [0.2, 0.25) is 5.89 Å². The molecule has 0 spiro atoms. The molecule has 2 aromatic heterocycles. The van der Waals surface area contributed by atoms with E-state index in [1.165, 1.54) is 0 Å². The van der Waals surface area contributed by atoms with Crippen LogP contribution < -0.4 is 5.32 Å². The lowest BCUT2D eigenvalue weighted by Crippen LogP contribution is -2.18. The Kier molecular flexibility index (Phi) is 5.19. The summed E-state index contributed by atoms with van der Waals surface area (Å²) < 4.78 is 11.8. The van der Waals surface area contributed by atoms with Crippen LogP contribution in [0.15, 0.2) is 10.7 Å². The van der Waals surface area contributed by atoms with Crippen LogP contribution in [-0.2, 0) is 17.8 Å². The molecule has 110 valence electrons. The molecule has 2 aromatic rings. The average molecular weight is 280 g/mol. The van der Waals surface area contributed by atoms with E-state index in [9.17, 15) is 0 Å².